The molecule has 0 saturated carbocycles. The van der Waals surface area contributed by atoms with Crippen LogP contribution in [0.1, 0.15) is 48.3 Å². The Bertz CT molecular complexity index is 973. The van der Waals surface area contributed by atoms with E-state index in [1.165, 1.54) is 11.3 Å². The van der Waals surface area contributed by atoms with Crippen molar-refractivity contribution in [3.05, 3.63) is 59.4 Å². The van der Waals surface area contributed by atoms with Gasteiger partial charge in [0.2, 0.25) is 11.8 Å². The highest BCUT2D eigenvalue weighted by Crippen LogP contribution is 2.31. The van der Waals surface area contributed by atoms with Gasteiger partial charge in [0.1, 0.15) is 12.0 Å². The van der Waals surface area contributed by atoms with Crippen molar-refractivity contribution in [1.29, 1.82) is 0 Å². The van der Waals surface area contributed by atoms with Crippen LogP contribution in [0.15, 0.2) is 45.3 Å². The number of thiazole rings is 1. The zero-order valence-corrected chi connectivity index (χ0v) is 17.5. The van der Waals surface area contributed by atoms with Crippen molar-refractivity contribution in [1.82, 2.24) is 9.97 Å². The number of aromatic nitrogens is 2. The van der Waals surface area contributed by atoms with Crippen molar-refractivity contribution in [2.75, 3.05) is 5.32 Å². The van der Waals surface area contributed by atoms with Crippen LogP contribution in [0.25, 0.3) is 0 Å². The Morgan fingerprint density at radius 1 is 1.29 bits per heavy atom. The van der Waals surface area contributed by atoms with Gasteiger partial charge in [0, 0.05) is 11.0 Å². The topological polar surface area (TPSA) is 85.1 Å². The van der Waals surface area contributed by atoms with E-state index in [0.29, 0.717) is 22.3 Å². The third-order valence-corrected chi connectivity index (χ3v) is 5.91. The molecule has 28 heavy (non-hydrogen) atoms. The van der Waals surface area contributed by atoms with Crippen LogP contribution in [0.3, 0.4) is 0 Å². The smallest absolute Gasteiger partial charge is 0.230 e. The molecule has 0 atom stereocenters. The maximum atomic E-state index is 12.2. The number of rotatable bonds is 7. The number of benzene rings is 1. The number of aldehydes is 1. The largest absolute Gasteiger partial charge is 0.444 e. The van der Waals surface area contributed by atoms with Crippen LogP contribution in [0, 0.1) is 0 Å². The average molecular weight is 416 g/mol. The van der Waals surface area contributed by atoms with Crippen LogP contribution in [0.4, 0.5) is 5.13 Å². The highest BCUT2D eigenvalue weighted by atomic mass is 32.2. The van der Waals surface area contributed by atoms with Crippen molar-refractivity contribution in [3.63, 3.8) is 0 Å². The van der Waals surface area contributed by atoms with Gasteiger partial charge in [-0.1, -0.05) is 50.3 Å². The highest BCUT2D eigenvalue weighted by Gasteiger charge is 2.19. The fourth-order valence-electron chi connectivity index (χ4n) is 2.37. The van der Waals surface area contributed by atoms with E-state index in [4.69, 9.17) is 4.42 Å². The third kappa shape index (κ3) is 5.53. The predicted octanol–water partition coefficient (Wildman–Crippen LogP) is 4.71. The number of oxazole rings is 1. The molecular weight excluding hydrogens is 394 g/mol. The van der Waals surface area contributed by atoms with Gasteiger partial charge in [0.25, 0.3) is 0 Å². The van der Waals surface area contributed by atoms with Crippen LogP contribution in [0.5, 0.6) is 0 Å². The van der Waals surface area contributed by atoms with Crippen molar-refractivity contribution in [2.45, 2.75) is 42.6 Å². The minimum absolute atomic E-state index is 0.0664. The van der Waals surface area contributed by atoms with E-state index < -0.39 is 0 Å². The van der Waals surface area contributed by atoms with Crippen molar-refractivity contribution >= 4 is 40.4 Å². The summed E-state index contributed by atoms with van der Waals surface area (Å²) in [6.45, 7) is 6.24. The molecule has 0 spiro atoms. The first-order valence-electron chi connectivity index (χ1n) is 8.71. The van der Waals surface area contributed by atoms with Gasteiger partial charge in [0.05, 0.1) is 28.8 Å². The van der Waals surface area contributed by atoms with Crippen molar-refractivity contribution in [3.8, 4) is 0 Å². The molecule has 0 fully saturated rings. The second kappa shape index (κ2) is 8.70. The first kappa shape index (κ1) is 20.3. The normalized spacial score (nSPS) is 11.4. The van der Waals surface area contributed by atoms with E-state index in [1.54, 1.807) is 42.4 Å². The van der Waals surface area contributed by atoms with Gasteiger partial charge in [0.15, 0.2) is 5.13 Å². The number of hydrogen-bond acceptors (Lipinski definition) is 7. The molecule has 1 N–H and O–H groups in total. The molecule has 3 rings (SSSR count). The number of amides is 1. The fraction of sp³-hybridized carbons (Fsp3) is 0.300. The lowest BCUT2D eigenvalue weighted by molar-refractivity contribution is -0.115. The van der Waals surface area contributed by atoms with E-state index >= 15 is 0 Å². The Labute approximate surface area is 171 Å². The van der Waals surface area contributed by atoms with Gasteiger partial charge in [-0.25, -0.2) is 9.97 Å². The standard InChI is InChI=1S/C20H21N3O3S2/c1-20(2,3)15-9-21-17(26-15)12-27-18-10-22-19(28-18)23-16(25)8-13-5-4-6-14(7-13)11-24/h4-7,9-11H,8,12H2,1-3H3,(H,22,23,25). The lowest BCUT2D eigenvalue weighted by Crippen LogP contribution is -2.14. The number of carbonyl (C=O) groups is 2. The number of hydrogen-bond donors (Lipinski definition) is 1. The molecule has 1 aromatic carbocycles. The van der Waals surface area contributed by atoms with E-state index in [1.807, 2.05) is 6.07 Å². The van der Waals surface area contributed by atoms with Gasteiger partial charge < -0.3 is 9.73 Å². The predicted molar refractivity (Wildman–Crippen MR) is 111 cm³/mol. The molecule has 2 heterocycles. The number of nitrogens with zero attached hydrogens (tertiary/aromatic N) is 2. The van der Waals surface area contributed by atoms with Gasteiger partial charge in [-0.2, -0.15) is 0 Å². The lowest BCUT2D eigenvalue weighted by Gasteiger charge is -2.12. The first-order valence-corrected chi connectivity index (χ1v) is 10.5. The molecule has 6 nitrogen and oxygen atoms in total. The van der Waals surface area contributed by atoms with Crippen molar-refractivity contribution < 1.29 is 14.0 Å². The van der Waals surface area contributed by atoms with Crippen LogP contribution in [-0.2, 0) is 22.4 Å². The Morgan fingerprint density at radius 2 is 2.11 bits per heavy atom. The summed E-state index contributed by atoms with van der Waals surface area (Å²) < 4.78 is 6.75. The summed E-state index contributed by atoms with van der Waals surface area (Å²) in [4.78, 5) is 31.6. The van der Waals surface area contributed by atoms with Gasteiger partial charge in [-0.3, -0.25) is 9.59 Å². The number of carbonyl (C=O) groups excluding carboxylic acids is 2. The Balaban J connectivity index is 1.53. The molecule has 0 saturated heterocycles. The van der Waals surface area contributed by atoms with Gasteiger partial charge >= 0.3 is 0 Å². The second-order valence-electron chi connectivity index (χ2n) is 7.23. The van der Waals surface area contributed by atoms with Crippen LogP contribution >= 0.6 is 23.1 Å². The first-order chi connectivity index (χ1) is 13.3. The zero-order chi connectivity index (χ0) is 20.1. The van der Waals surface area contributed by atoms with E-state index in [2.05, 4.69) is 36.1 Å². The Hall–Kier alpha value is -2.45. The summed E-state index contributed by atoms with van der Waals surface area (Å²) in [5, 5.41) is 3.34. The SMILES string of the molecule is CC(C)(C)c1cnc(CSc2cnc(NC(=O)Cc3cccc(C=O)c3)s2)o1. The maximum Gasteiger partial charge on any atom is 0.230 e. The molecule has 0 aliphatic rings. The molecule has 0 bridgehead atoms. The minimum atomic E-state index is -0.170. The van der Waals surface area contributed by atoms with Gasteiger partial charge in [-0.15, -0.1) is 11.8 Å². The molecular formula is C20H21N3O3S2. The summed E-state index contributed by atoms with van der Waals surface area (Å²) in [6, 6.07) is 6.99. The van der Waals surface area contributed by atoms with E-state index in [0.717, 1.165) is 21.8 Å². The van der Waals surface area contributed by atoms with Crippen molar-refractivity contribution in [2.24, 2.45) is 0 Å². The molecule has 0 radical (unpaired) electrons. The molecule has 8 heteroatoms. The van der Waals surface area contributed by atoms with E-state index in [-0.39, 0.29) is 17.7 Å². The number of thioether (sulfide) groups is 1. The maximum absolute atomic E-state index is 12.2. The minimum Gasteiger partial charge on any atom is -0.444 e. The Morgan fingerprint density at radius 3 is 2.82 bits per heavy atom. The molecule has 3 aromatic rings. The average Bonchev–Trinajstić information content (AvgIpc) is 3.29. The summed E-state index contributed by atoms with van der Waals surface area (Å²) in [5.41, 5.74) is 1.27. The summed E-state index contributed by atoms with van der Waals surface area (Å²) in [6.07, 6.45) is 4.46. The third-order valence-electron chi connectivity index (χ3n) is 3.81. The molecule has 146 valence electrons. The molecule has 0 aliphatic carbocycles. The van der Waals surface area contributed by atoms with Crippen LogP contribution in [0.2, 0.25) is 0 Å². The molecule has 0 aliphatic heterocycles. The second-order valence-corrected chi connectivity index (χ2v) is 9.54. The molecule has 2 aromatic heterocycles. The summed E-state index contributed by atoms with van der Waals surface area (Å²) in [5.74, 6) is 1.96. The zero-order valence-electron chi connectivity index (χ0n) is 15.9. The quantitative estimate of drug-likeness (QED) is 0.444. The monoisotopic (exact) mass is 415 g/mol. The van der Waals surface area contributed by atoms with Gasteiger partial charge in [-0.05, 0) is 11.6 Å². The molecule has 1 amide bonds. The fourth-order valence-corrected chi connectivity index (χ4v) is 4.11. The Kier molecular flexibility index (Phi) is 6.31. The summed E-state index contributed by atoms with van der Waals surface area (Å²) in [7, 11) is 0. The van der Waals surface area contributed by atoms with E-state index in [9.17, 15) is 9.59 Å². The highest BCUT2D eigenvalue weighted by molar-refractivity contribution is 8.00. The van der Waals surface area contributed by atoms with Crippen LogP contribution in [-0.4, -0.2) is 22.2 Å². The number of nitrogens with one attached hydrogen (secondary N) is 1. The summed E-state index contributed by atoms with van der Waals surface area (Å²) >= 11 is 2.97. The number of anilines is 1. The van der Waals surface area contributed by atoms with Crippen LogP contribution < -0.4 is 5.32 Å². The lowest BCUT2D eigenvalue weighted by atomic mass is 9.94. The molecule has 0 unspecified atom stereocenters.